The number of hydrogen-bond acceptors (Lipinski definition) is 4. The summed E-state index contributed by atoms with van der Waals surface area (Å²) in [5.74, 6) is -0.225. The molecule has 4 nitrogen and oxygen atoms in total. The third-order valence-electron chi connectivity index (χ3n) is 3.17. The molecular formula is C19H14ClN3OS. The number of carbonyl (C=O) groups is 1. The molecule has 0 radical (unpaired) electrons. The molecule has 0 unspecified atom stereocenters. The number of amides is 1. The van der Waals surface area contributed by atoms with Gasteiger partial charge in [0.2, 0.25) is 5.91 Å². The third kappa shape index (κ3) is 5.17. The van der Waals surface area contributed by atoms with Gasteiger partial charge >= 0.3 is 0 Å². The van der Waals surface area contributed by atoms with Gasteiger partial charge in [0.15, 0.2) is 0 Å². The minimum Gasteiger partial charge on any atom is -0.323 e. The van der Waals surface area contributed by atoms with Crippen LogP contribution in [0.15, 0.2) is 83.0 Å². The second-order valence-electron chi connectivity index (χ2n) is 5.01. The van der Waals surface area contributed by atoms with Gasteiger partial charge < -0.3 is 5.32 Å². The number of benzene rings is 2. The Morgan fingerprint density at radius 1 is 1.08 bits per heavy atom. The summed E-state index contributed by atoms with van der Waals surface area (Å²) in [6, 6.07) is 15.3. The molecule has 0 aliphatic heterocycles. The average molecular weight is 368 g/mol. The van der Waals surface area contributed by atoms with E-state index in [9.17, 15) is 4.79 Å². The van der Waals surface area contributed by atoms with Crippen LogP contribution in [0.5, 0.6) is 0 Å². The maximum Gasteiger partial charge on any atom is 0.248 e. The fourth-order valence-corrected chi connectivity index (χ4v) is 3.09. The number of hydrogen-bond donors (Lipinski definition) is 1. The molecule has 3 aromatic rings. The summed E-state index contributed by atoms with van der Waals surface area (Å²) in [5.41, 5.74) is 1.35. The third-order valence-corrected chi connectivity index (χ3v) is 4.70. The first kappa shape index (κ1) is 17.2. The molecule has 0 saturated heterocycles. The summed E-state index contributed by atoms with van der Waals surface area (Å²) in [5, 5.41) is 3.53. The standard InChI is InChI=1S/C19H14ClN3OS/c20-17-3-1-2-4-18(17)25-16-8-5-14(6-9-16)23-19(24)10-7-15-13-21-11-12-22-15/h1-13H,(H,23,24)/b10-7+. The van der Waals surface area contributed by atoms with Crippen LogP contribution in [0.25, 0.3) is 6.08 Å². The molecule has 0 atom stereocenters. The van der Waals surface area contributed by atoms with E-state index >= 15 is 0 Å². The molecule has 1 amide bonds. The zero-order chi connectivity index (χ0) is 17.5. The number of carbonyl (C=O) groups excluding carboxylic acids is 1. The molecule has 0 aliphatic rings. The highest BCUT2D eigenvalue weighted by molar-refractivity contribution is 7.99. The Bertz CT molecular complexity index is 883. The lowest BCUT2D eigenvalue weighted by Crippen LogP contribution is -2.07. The fourth-order valence-electron chi connectivity index (χ4n) is 2.00. The molecule has 1 aromatic heterocycles. The van der Waals surface area contributed by atoms with Gasteiger partial charge in [-0.05, 0) is 42.5 Å². The van der Waals surface area contributed by atoms with Crippen LogP contribution in [0.3, 0.4) is 0 Å². The van der Waals surface area contributed by atoms with E-state index in [2.05, 4.69) is 15.3 Å². The van der Waals surface area contributed by atoms with Crippen LogP contribution in [0.4, 0.5) is 5.69 Å². The Morgan fingerprint density at radius 2 is 1.88 bits per heavy atom. The Morgan fingerprint density at radius 3 is 2.60 bits per heavy atom. The highest BCUT2D eigenvalue weighted by Gasteiger charge is 2.03. The second kappa shape index (κ2) is 8.46. The molecular weight excluding hydrogens is 354 g/mol. The minimum atomic E-state index is -0.225. The highest BCUT2D eigenvalue weighted by Crippen LogP contribution is 2.33. The molecule has 1 N–H and O–H groups in total. The Labute approximate surface area is 155 Å². The van der Waals surface area contributed by atoms with E-state index in [1.807, 2.05) is 48.5 Å². The molecule has 2 aromatic carbocycles. The van der Waals surface area contributed by atoms with Crippen molar-refractivity contribution in [3.63, 3.8) is 0 Å². The van der Waals surface area contributed by atoms with Crippen LogP contribution in [0.2, 0.25) is 5.02 Å². The first-order chi connectivity index (χ1) is 12.2. The van der Waals surface area contributed by atoms with Crippen molar-refractivity contribution in [1.82, 2.24) is 9.97 Å². The van der Waals surface area contributed by atoms with Crippen molar-refractivity contribution < 1.29 is 4.79 Å². The Hall–Kier alpha value is -2.63. The minimum absolute atomic E-state index is 0.225. The average Bonchev–Trinajstić information content (AvgIpc) is 2.64. The fraction of sp³-hybridized carbons (Fsp3) is 0. The van der Waals surface area contributed by atoms with Crippen molar-refractivity contribution in [2.24, 2.45) is 0 Å². The summed E-state index contributed by atoms with van der Waals surface area (Å²) in [6.07, 6.45) is 7.79. The molecule has 124 valence electrons. The Kier molecular flexibility index (Phi) is 5.82. The zero-order valence-corrected chi connectivity index (χ0v) is 14.7. The van der Waals surface area contributed by atoms with Crippen LogP contribution in [0.1, 0.15) is 5.69 Å². The maximum atomic E-state index is 11.9. The van der Waals surface area contributed by atoms with E-state index in [0.29, 0.717) is 5.69 Å². The monoisotopic (exact) mass is 367 g/mol. The van der Waals surface area contributed by atoms with Gasteiger partial charge in [0, 0.05) is 33.9 Å². The van der Waals surface area contributed by atoms with Gasteiger partial charge in [-0.25, -0.2) is 0 Å². The van der Waals surface area contributed by atoms with Crippen LogP contribution >= 0.6 is 23.4 Å². The number of nitrogens with zero attached hydrogens (tertiary/aromatic N) is 2. The van der Waals surface area contributed by atoms with E-state index in [-0.39, 0.29) is 5.91 Å². The molecule has 0 fully saturated rings. The van der Waals surface area contributed by atoms with Gasteiger partial charge in [-0.3, -0.25) is 14.8 Å². The van der Waals surface area contributed by atoms with Crippen molar-refractivity contribution in [2.45, 2.75) is 9.79 Å². The first-order valence-electron chi connectivity index (χ1n) is 7.48. The van der Waals surface area contributed by atoms with Crippen LogP contribution in [0, 0.1) is 0 Å². The molecule has 0 saturated carbocycles. The van der Waals surface area contributed by atoms with E-state index in [4.69, 9.17) is 11.6 Å². The van der Waals surface area contributed by atoms with Gasteiger partial charge in [-0.1, -0.05) is 35.5 Å². The molecule has 1 heterocycles. The lowest BCUT2D eigenvalue weighted by Gasteiger charge is -2.06. The number of anilines is 1. The Balaban J connectivity index is 1.60. The van der Waals surface area contributed by atoms with E-state index in [0.717, 1.165) is 20.5 Å². The molecule has 25 heavy (non-hydrogen) atoms. The summed E-state index contributed by atoms with van der Waals surface area (Å²) in [7, 11) is 0. The maximum absolute atomic E-state index is 11.9. The summed E-state index contributed by atoms with van der Waals surface area (Å²) in [4.78, 5) is 22.0. The van der Waals surface area contributed by atoms with Gasteiger partial charge in [-0.2, -0.15) is 0 Å². The summed E-state index contributed by atoms with van der Waals surface area (Å²) < 4.78 is 0. The quantitative estimate of drug-likeness (QED) is 0.649. The van der Waals surface area contributed by atoms with Gasteiger partial charge in [-0.15, -0.1) is 0 Å². The number of aromatic nitrogens is 2. The van der Waals surface area contributed by atoms with Crippen molar-refractivity contribution in [3.05, 3.63) is 83.9 Å². The second-order valence-corrected chi connectivity index (χ2v) is 6.53. The number of nitrogens with one attached hydrogen (secondary N) is 1. The molecule has 0 spiro atoms. The summed E-state index contributed by atoms with van der Waals surface area (Å²) in [6.45, 7) is 0. The molecule has 6 heteroatoms. The summed E-state index contributed by atoms with van der Waals surface area (Å²) >= 11 is 7.74. The van der Waals surface area contributed by atoms with Crippen molar-refractivity contribution in [1.29, 1.82) is 0 Å². The van der Waals surface area contributed by atoms with E-state index in [1.54, 1.807) is 36.4 Å². The number of rotatable bonds is 5. The SMILES string of the molecule is O=C(/C=C/c1cnccn1)Nc1ccc(Sc2ccccc2Cl)cc1. The van der Waals surface area contributed by atoms with Crippen molar-refractivity contribution in [3.8, 4) is 0 Å². The largest absolute Gasteiger partial charge is 0.323 e. The van der Waals surface area contributed by atoms with Gasteiger partial charge in [0.05, 0.1) is 16.9 Å². The molecule has 3 rings (SSSR count). The first-order valence-corrected chi connectivity index (χ1v) is 8.68. The predicted molar refractivity (Wildman–Crippen MR) is 102 cm³/mol. The normalized spacial score (nSPS) is 10.8. The van der Waals surface area contributed by atoms with Crippen molar-refractivity contribution in [2.75, 3.05) is 5.32 Å². The van der Waals surface area contributed by atoms with Crippen LogP contribution in [-0.2, 0) is 4.79 Å². The van der Waals surface area contributed by atoms with E-state index in [1.165, 1.54) is 6.08 Å². The van der Waals surface area contributed by atoms with Crippen LogP contribution < -0.4 is 5.32 Å². The topological polar surface area (TPSA) is 54.9 Å². The zero-order valence-electron chi connectivity index (χ0n) is 13.1. The smallest absolute Gasteiger partial charge is 0.248 e. The molecule has 0 aliphatic carbocycles. The van der Waals surface area contributed by atoms with E-state index < -0.39 is 0 Å². The van der Waals surface area contributed by atoms with Crippen LogP contribution in [-0.4, -0.2) is 15.9 Å². The lowest BCUT2D eigenvalue weighted by molar-refractivity contribution is -0.111. The highest BCUT2D eigenvalue weighted by atomic mass is 35.5. The van der Waals surface area contributed by atoms with Gasteiger partial charge in [0.1, 0.15) is 0 Å². The number of halogens is 1. The predicted octanol–water partition coefficient (Wildman–Crippen LogP) is 4.93. The van der Waals surface area contributed by atoms with Gasteiger partial charge in [0.25, 0.3) is 0 Å². The lowest BCUT2D eigenvalue weighted by atomic mass is 10.3. The molecule has 0 bridgehead atoms. The van der Waals surface area contributed by atoms with Crippen molar-refractivity contribution >= 4 is 41.0 Å².